The van der Waals surface area contributed by atoms with E-state index in [1.807, 2.05) is 48.5 Å². The summed E-state index contributed by atoms with van der Waals surface area (Å²) in [6, 6.07) is 55.1. The predicted molar refractivity (Wildman–Crippen MR) is 223 cm³/mol. The van der Waals surface area contributed by atoms with Gasteiger partial charge in [0, 0.05) is 27.4 Å². The van der Waals surface area contributed by atoms with Crippen LogP contribution in [0.3, 0.4) is 0 Å². The molecule has 9 rings (SSSR count). The van der Waals surface area contributed by atoms with Crippen molar-refractivity contribution in [1.82, 2.24) is 9.13 Å². The van der Waals surface area contributed by atoms with Gasteiger partial charge in [0.15, 0.2) is 0 Å². The molecule has 0 atom stereocenters. The summed E-state index contributed by atoms with van der Waals surface area (Å²) in [7, 11) is 0. The molecule has 248 valence electrons. The molecule has 0 saturated heterocycles. The van der Waals surface area contributed by atoms with Crippen LogP contribution in [0.4, 0.5) is 0 Å². The lowest BCUT2D eigenvalue weighted by Gasteiger charge is -2.14. The van der Waals surface area contributed by atoms with Crippen molar-refractivity contribution in [3.63, 3.8) is 0 Å². The molecule has 4 heteroatoms. The molecule has 0 aliphatic rings. The van der Waals surface area contributed by atoms with Gasteiger partial charge in [-0.15, -0.1) is 0 Å². The number of para-hydroxylation sites is 1. The van der Waals surface area contributed by atoms with Gasteiger partial charge in [-0.3, -0.25) is 4.57 Å². The van der Waals surface area contributed by atoms with Gasteiger partial charge >= 0.3 is 0 Å². The highest BCUT2D eigenvalue weighted by atomic mass is 15.1. The Morgan fingerprint density at radius 2 is 1.08 bits per heavy atom. The third kappa shape index (κ3) is 4.96. The first-order valence-corrected chi connectivity index (χ1v) is 17.5. The van der Waals surface area contributed by atoms with Crippen molar-refractivity contribution in [1.29, 1.82) is 0 Å². The van der Waals surface area contributed by atoms with Gasteiger partial charge in [-0.05, 0) is 64.1 Å². The maximum absolute atomic E-state index is 6.62. The fourth-order valence-electron chi connectivity index (χ4n) is 7.73. The van der Waals surface area contributed by atoms with Crippen molar-refractivity contribution in [2.75, 3.05) is 0 Å². The molecule has 0 unspecified atom stereocenters. The Hall–Kier alpha value is -6.91. The molecule has 0 radical (unpaired) electrons. The molecule has 0 saturated carbocycles. The zero-order chi connectivity index (χ0) is 35.3. The van der Waals surface area contributed by atoms with Gasteiger partial charge in [-0.2, -0.15) is 0 Å². The van der Waals surface area contributed by atoms with Gasteiger partial charge in [0.2, 0.25) is 0 Å². The summed E-state index contributed by atoms with van der Waals surface area (Å²) >= 11 is 0. The van der Waals surface area contributed by atoms with Crippen LogP contribution < -0.4 is 5.73 Å². The number of nitrogens with zero attached hydrogens (tertiary/aromatic N) is 3. The van der Waals surface area contributed by atoms with E-state index in [9.17, 15) is 0 Å². The molecule has 0 aliphatic heterocycles. The number of allylic oxidation sites excluding steroid dienone is 2. The lowest BCUT2D eigenvalue weighted by Crippen LogP contribution is -2.03. The van der Waals surface area contributed by atoms with E-state index in [4.69, 9.17) is 10.7 Å². The number of hydrogen-bond acceptors (Lipinski definition) is 2. The Morgan fingerprint density at radius 1 is 0.538 bits per heavy atom. The third-order valence-electron chi connectivity index (χ3n) is 10.1. The number of benzene rings is 7. The van der Waals surface area contributed by atoms with Gasteiger partial charge in [0.05, 0.1) is 33.5 Å². The normalized spacial score (nSPS) is 12.4. The Labute approximate surface area is 302 Å². The van der Waals surface area contributed by atoms with E-state index < -0.39 is 0 Å². The Kier molecular flexibility index (Phi) is 7.45. The van der Waals surface area contributed by atoms with Gasteiger partial charge in [-0.1, -0.05) is 153 Å². The maximum atomic E-state index is 6.62. The number of nitrogens with two attached hydrogens (primary N) is 1. The van der Waals surface area contributed by atoms with Crippen molar-refractivity contribution in [3.8, 4) is 5.69 Å². The van der Waals surface area contributed by atoms with Crippen molar-refractivity contribution in [3.05, 3.63) is 194 Å². The molecule has 4 nitrogen and oxygen atoms in total. The highest BCUT2D eigenvalue weighted by Crippen LogP contribution is 2.46. The molecular formula is C48H36N4. The average molecular weight is 669 g/mol. The first-order chi connectivity index (χ1) is 25.5. The van der Waals surface area contributed by atoms with Gasteiger partial charge in [0.1, 0.15) is 5.82 Å². The lowest BCUT2D eigenvalue weighted by atomic mass is 9.97. The zero-order valence-corrected chi connectivity index (χ0v) is 28.9. The van der Waals surface area contributed by atoms with Crippen molar-refractivity contribution in [2.24, 2.45) is 10.7 Å². The topological polar surface area (TPSA) is 48.2 Å². The minimum Gasteiger partial charge on any atom is -0.385 e. The van der Waals surface area contributed by atoms with Gasteiger partial charge in [-0.25, -0.2) is 4.99 Å². The SMILES string of the molecule is C=C(N=C(/C=C(\C)c1ccc(-n2c3c4ccccc4c4ccccc4c3c3c2c2ccccc2n3C(=C)N)cc1)c1ccccc1)c1ccccc1. The molecule has 0 fully saturated rings. The predicted octanol–water partition coefficient (Wildman–Crippen LogP) is 12.0. The van der Waals surface area contributed by atoms with E-state index in [1.165, 1.54) is 21.5 Å². The second-order valence-electron chi connectivity index (χ2n) is 13.2. The fraction of sp³-hybridized carbons (Fsp3) is 0.0208. The van der Waals surface area contributed by atoms with Crippen LogP contribution in [0.2, 0.25) is 0 Å². The van der Waals surface area contributed by atoms with Crippen LogP contribution in [0.15, 0.2) is 182 Å². The first-order valence-electron chi connectivity index (χ1n) is 17.5. The average Bonchev–Trinajstić information content (AvgIpc) is 3.72. The molecule has 0 amide bonds. The quantitative estimate of drug-likeness (QED) is 0.133. The van der Waals surface area contributed by atoms with E-state index in [2.05, 4.69) is 144 Å². The lowest BCUT2D eigenvalue weighted by molar-refractivity contribution is 1.18. The van der Waals surface area contributed by atoms with E-state index in [0.717, 1.165) is 72.2 Å². The standard InChI is InChI=1S/C48H36N4/c1-31(30-43(36-18-8-5-9-19-36)50-32(2)35-16-6-4-7-17-35)34-26-28-37(29-27-34)52-46-41-23-13-11-21-39(41)38-20-10-12-22-40(38)45(46)48-47(52)42-24-14-15-25-44(42)51(48)33(3)49/h4-30H,2-3,49H2,1H3/b31-30+,50-43?. The monoisotopic (exact) mass is 668 g/mol. The highest BCUT2D eigenvalue weighted by molar-refractivity contribution is 6.34. The Bertz CT molecular complexity index is 2920. The molecule has 2 aromatic heterocycles. The van der Waals surface area contributed by atoms with E-state index >= 15 is 0 Å². The molecule has 7 aromatic carbocycles. The molecule has 2 heterocycles. The number of rotatable bonds is 7. The summed E-state index contributed by atoms with van der Waals surface area (Å²) < 4.78 is 4.55. The number of aliphatic imine (C=N–C) groups is 1. The molecule has 9 aromatic rings. The summed E-state index contributed by atoms with van der Waals surface area (Å²) in [5.41, 5.74) is 17.9. The summed E-state index contributed by atoms with van der Waals surface area (Å²) in [5.74, 6) is 0.490. The maximum Gasteiger partial charge on any atom is 0.100 e. The Balaban J connectivity index is 1.27. The summed E-state index contributed by atoms with van der Waals surface area (Å²) in [4.78, 5) is 5.03. The molecular weight excluding hydrogens is 633 g/mol. The van der Waals surface area contributed by atoms with Crippen molar-refractivity contribution >= 4 is 77.2 Å². The number of fused-ring (bicyclic) bond motifs is 10. The van der Waals surface area contributed by atoms with Crippen LogP contribution in [-0.4, -0.2) is 14.8 Å². The van der Waals surface area contributed by atoms with Crippen molar-refractivity contribution < 1.29 is 0 Å². The largest absolute Gasteiger partial charge is 0.385 e. The molecule has 2 N–H and O–H groups in total. The smallest absolute Gasteiger partial charge is 0.100 e. The molecule has 52 heavy (non-hydrogen) atoms. The van der Waals surface area contributed by atoms with E-state index in [1.54, 1.807) is 0 Å². The first kappa shape index (κ1) is 31.1. The summed E-state index contributed by atoms with van der Waals surface area (Å²) in [6.07, 6.45) is 2.15. The summed E-state index contributed by atoms with van der Waals surface area (Å²) in [5, 5.41) is 7.09. The van der Waals surface area contributed by atoms with E-state index in [-0.39, 0.29) is 0 Å². The fourth-order valence-corrected chi connectivity index (χ4v) is 7.73. The highest BCUT2D eigenvalue weighted by Gasteiger charge is 2.25. The summed E-state index contributed by atoms with van der Waals surface area (Å²) in [6.45, 7) is 10.7. The second-order valence-corrected chi connectivity index (χ2v) is 13.2. The minimum absolute atomic E-state index is 0.490. The molecule has 0 spiro atoms. The zero-order valence-electron chi connectivity index (χ0n) is 28.9. The van der Waals surface area contributed by atoms with Crippen molar-refractivity contribution in [2.45, 2.75) is 6.92 Å². The van der Waals surface area contributed by atoms with Gasteiger partial charge in [0.25, 0.3) is 0 Å². The minimum atomic E-state index is 0.490. The molecule has 0 aliphatic carbocycles. The molecule has 0 bridgehead atoms. The number of hydrogen-bond donors (Lipinski definition) is 1. The van der Waals surface area contributed by atoms with Crippen LogP contribution in [0, 0.1) is 0 Å². The van der Waals surface area contributed by atoms with Crippen LogP contribution in [-0.2, 0) is 0 Å². The Morgan fingerprint density at radius 3 is 1.73 bits per heavy atom. The van der Waals surface area contributed by atoms with Gasteiger partial charge < -0.3 is 10.3 Å². The van der Waals surface area contributed by atoms with Crippen LogP contribution in [0.1, 0.15) is 23.6 Å². The van der Waals surface area contributed by atoms with Crippen LogP contribution in [0.25, 0.3) is 77.2 Å². The third-order valence-corrected chi connectivity index (χ3v) is 10.1. The van der Waals surface area contributed by atoms with E-state index in [0.29, 0.717) is 5.82 Å². The van der Waals surface area contributed by atoms with Crippen LogP contribution >= 0.6 is 0 Å². The number of aromatic nitrogens is 2. The van der Waals surface area contributed by atoms with Crippen LogP contribution in [0.5, 0.6) is 0 Å². The second kappa shape index (κ2) is 12.4.